The van der Waals surface area contributed by atoms with Gasteiger partial charge in [-0.2, -0.15) is 0 Å². The highest BCUT2D eigenvalue weighted by molar-refractivity contribution is 6.62. The average molecular weight is 452 g/mol. The van der Waals surface area contributed by atoms with E-state index in [9.17, 15) is 4.79 Å². The Kier molecular flexibility index (Phi) is 4.73. The number of fused-ring (bicyclic) bond motifs is 3. The van der Waals surface area contributed by atoms with Crippen LogP contribution in [0.25, 0.3) is 0 Å². The molecule has 178 valence electrons. The van der Waals surface area contributed by atoms with Gasteiger partial charge >= 0.3 is 7.12 Å². The van der Waals surface area contributed by atoms with Gasteiger partial charge in [0.15, 0.2) is 0 Å². The summed E-state index contributed by atoms with van der Waals surface area (Å²) >= 11 is 0. The van der Waals surface area contributed by atoms with E-state index in [0.717, 1.165) is 42.6 Å². The molecule has 1 aromatic carbocycles. The molecule has 6 rings (SSSR count). The van der Waals surface area contributed by atoms with Gasteiger partial charge in [-0.3, -0.25) is 9.69 Å². The van der Waals surface area contributed by atoms with E-state index in [1.165, 1.54) is 12.8 Å². The van der Waals surface area contributed by atoms with Crippen molar-refractivity contribution in [2.24, 2.45) is 0 Å². The Bertz CT molecular complexity index is 959. The summed E-state index contributed by atoms with van der Waals surface area (Å²) in [5.74, 6) is 0.217. The molecule has 0 N–H and O–H groups in total. The number of rotatable bonds is 3. The Morgan fingerprint density at radius 2 is 1.52 bits per heavy atom. The predicted octanol–water partition coefficient (Wildman–Crippen LogP) is 3.00. The lowest BCUT2D eigenvalue weighted by Gasteiger charge is -2.49. The molecule has 0 aromatic heterocycles. The van der Waals surface area contributed by atoms with E-state index in [1.807, 2.05) is 0 Å². The van der Waals surface area contributed by atoms with Gasteiger partial charge in [0.05, 0.1) is 28.8 Å². The average Bonchev–Trinajstić information content (AvgIpc) is 3.23. The van der Waals surface area contributed by atoms with E-state index < -0.39 is 12.5 Å². The van der Waals surface area contributed by atoms with Gasteiger partial charge in [0, 0.05) is 30.9 Å². The zero-order valence-corrected chi connectivity index (χ0v) is 20.9. The number of hydrogen-bond donors (Lipinski definition) is 0. The second-order valence-corrected chi connectivity index (χ2v) is 12.4. The molecular formula is C26H37BN2O4. The van der Waals surface area contributed by atoms with Crippen LogP contribution in [0.1, 0.15) is 72.8 Å². The fraction of sp³-hybridized carbons (Fsp3) is 0.731. The molecule has 4 fully saturated rings. The van der Waals surface area contributed by atoms with Crippen molar-refractivity contribution >= 4 is 24.2 Å². The summed E-state index contributed by atoms with van der Waals surface area (Å²) in [4.78, 5) is 18.3. The fourth-order valence-electron chi connectivity index (χ4n) is 6.30. The first kappa shape index (κ1) is 22.1. The first-order valence-corrected chi connectivity index (χ1v) is 12.7. The Morgan fingerprint density at radius 3 is 2.12 bits per heavy atom. The minimum absolute atomic E-state index is 0.217. The van der Waals surface area contributed by atoms with E-state index in [2.05, 4.69) is 69.5 Å². The third kappa shape index (κ3) is 3.26. The van der Waals surface area contributed by atoms with Crippen LogP contribution in [0, 0.1) is 0 Å². The topological polar surface area (TPSA) is 51.2 Å². The first-order chi connectivity index (χ1) is 15.5. The highest BCUT2D eigenvalue weighted by Gasteiger charge is 2.54. The van der Waals surface area contributed by atoms with Crippen LogP contribution in [0.2, 0.25) is 0 Å². The van der Waals surface area contributed by atoms with Crippen molar-refractivity contribution in [1.29, 1.82) is 0 Å². The van der Waals surface area contributed by atoms with Crippen LogP contribution in [0.5, 0.6) is 0 Å². The van der Waals surface area contributed by atoms with Gasteiger partial charge in [-0.1, -0.05) is 12.1 Å². The zero-order chi connectivity index (χ0) is 23.3. The molecule has 0 unspecified atom stereocenters. The van der Waals surface area contributed by atoms with Crippen molar-refractivity contribution in [3.8, 4) is 0 Å². The summed E-state index contributed by atoms with van der Waals surface area (Å²) < 4.78 is 18.6. The van der Waals surface area contributed by atoms with E-state index in [1.54, 1.807) is 0 Å². The van der Waals surface area contributed by atoms with Gasteiger partial charge in [-0.15, -0.1) is 0 Å². The molecule has 1 aromatic rings. The van der Waals surface area contributed by atoms with Gasteiger partial charge < -0.3 is 18.9 Å². The number of ether oxygens (including phenoxy) is 1. The Balaban J connectivity index is 1.24. The second-order valence-electron chi connectivity index (χ2n) is 12.4. The lowest BCUT2D eigenvalue weighted by molar-refractivity contribution is -0.123. The van der Waals surface area contributed by atoms with Crippen molar-refractivity contribution in [2.45, 2.75) is 108 Å². The monoisotopic (exact) mass is 452 g/mol. The highest BCUT2D eigenvalue weighted by atomic mass is 16.7. The standard InChI is InChI=1S/C26H37BN2O4/c1-24(2)21-10-7-16(27-32-25(3,4)26(5,6)33-27)11-22(21)29(23(24)30)18-12-17(13-18)28-14-19-8-9-20(15-28)31-19/h7,10-11,17-20H,8-9,12-15H2,1-6H3/t17?,18?,19-,20-/m0/s1. The van der Waals surface area contributed by atoms with Gasteiger partial charge in [-0.25, -0.2) is 0 Å². The number of benzene rings is 1. The molecule has 2 atom stereocenters. The van der Waals surface area contributed by atoms with Gasteiger partial charge in [0.1, 0.15) is 0 Å². The summed E-state index contributed by atoms with van der Waals surface area (Å²) in [6.07, 6.45) is 5.32. The molecule has 4 heterocycles. The summed E-state index contributed by atoms with van der Waals surface area (Å²) in [7, 11) is -0.418. The molecule has 33 heavy (non-hydrogen) atoms. The minimum Gasteiger partial charge on any atom is -0.399 e. The molecule has 0 spiro atoms. The molecule has 5 aliphatic rings. The number of amides is 1. The Labute approximate surface area is 198 Å². The Hall–Kier alpha value is -1.41. The largest absolute Gasteiger partial charge is 0.494 e. The van der Waals surface area contributed by atoms with Crippen molar-refractivity contribution in [1.82, 2.24) is 4.90 Å². The normalized spacial score (nSPS) is 36.2. The van der Waals surface area contributed by atoms with Crippen molar-refractivity contribution < 1.29 is 18.8 Å². The number of nitrogens with zero attached hydrogens (tertiary/aromatic N) is 2. The van der Waals surface area contributed by atoms with E-state index in [-0.39, 0.29) is 23.2 Å². The maximum Gasteiger partial charge on any atom is 0.494 e. The predicted molar refractivity (Wildman–Crippen MR) is 129 cm³/mol. The molecule has 4 aliphatic heterocycles. The van der Waals surface area contributed by atoms with Crippen LogP contribution >= 0.6 is 0 Å². The molecule has 1 amide bonds. The van der Waals surface area contributed by atoms with Crippen LogP contribution < -0.4 is 10.4 Å². The van der Waals surface area contributed by atoms with Crippen LogP contribution in [0.3, 0.4) is 0 Å². The van der Waals surface area contributed by atoms with Crippen molar-refractivity contribution in [3.63, 3.8) is 0 Å². The minimum atomic E-state index is -0.507. The Morgan fingerprint density at radius 1 is 0.909 bits per heavy atom. The lowest BCUT2D eigenvalue weighted by Crippen LogP contribution is -2.59. The summed E-state index contributed by atoms with van der Waals surface area (Å²) in [5.41, 5.74) is 1.87. The molecule has 1 aliphatic carbocycles. The van der Waals surface area contributed by atoms with Gasteiger partial charge in [0.25, 0.3) is 0 Å². The van der Waals surface area contributed by atoms with Crippen LogP contribution in [0.4, 0.5) is 5.69 Å². The zero-order valence-electron chi connectivity index (χ0n) is 20.9. The smallest absolute Gasteiger partial charge is 0.399 e. The first-order valence-electron chi connectivity index (χ1n) is 12.7. The lowest BCUT2D eigenvalue weighted by atomic mass is 9.76. The number of morpholine rings is 1. The van der Waals surface area contributed by atoms with Crippen molar-refractivity contribution in [2.75, 3.05) is 18.0 Å². The molecule has 6 nitrogen and oxygen atoms in total. The van der Waals surface area contributed by atoms with E-state index in [4.69, 9.17) is 14.0 Å². The number of hydrogen-bond acceptors (Lipinski definition) is 5. The summed E-state index contributed by atoms with van der Waals surface area (Å²) in [5, 5.41) is 0. The molecule has 2 bridgehead atoms. The maximum atomic E-state index is 13.6. The van der Waals surface area contributed by atoms with Crippen LogP contribution in [0.15, 0.2) is 18.2 Å². The summed E-state index contributed by atoms with van der Waals surface area (Å²) in [6.45, 7) is 14.5. The fourth-order valence-corrected chi connectivity index (χ4v) is 6.30. The van der Waals surface area contributed by atoms with Crippen LogP contribution in [-0.2, 0) is 24.3 Å². The molecular weight excluding hydrogens is 415 g/mol. The van der Waals surface area contributed by atoms with Crippen molar-refractivity contribution in [3.05, 3.63) is 23.8 Å². The number of carbonyl (C=O) groups excluding carboxylic acids is 1. The number of carbonyl (C=O) groups is 1. The molecule has 1 saturated carbocycles. The van der Waals surface area contributed by atoms with Crippen LogP contribution in [-0.4, -0.2) is 66.5 Å². The van der Waals surface area contributed by atoms with Gasteiger partial charge in [-0.05, 0) is 84.3 Å². The third-order valence-electron chi connectivity index (χ3n) is 9.28. The molecule has 7 heteroatoms. The van der Waals surface area contributed by atoms with E-state index >= 15 is 0 Å². The van der Waals surface area contributed by atoms with E-state index in [0.29, 0.717) is 18.2 Å². The molecule has 3 saturated heterocycles. The van der Waals surface area contributed by atoms with Gasteiger partial charge in [0.2, 0.25) is 5.91 Å². The second kappa shape index (κ2) is 7.06. The number of anilines is 1. The quantitative estimate of drug-likeness (QED) is 0.661. The molecule has 0 radical (unpaired) electrons. The third-order valence-corrected chi connectivity index (χ3v) is 9.28. The maximum absolute atomic E-state index is 13.6. The summed E-state index contributed by atoms with van der Waals surface area (Å²) in [6, 6.07) is 7.16. The SMILES string of the molecule is CC1(C)C(=O)N(C2CC(N3C[C@@H]4CC[C@@H](C3)O4)C2)c2cc(B3OC(C)(C)C(C)(C)O3)ccc21. The highest BCUT2D eigenvalue weighted by Crippen LogP contribution is 2.47. The number of likely N-dealkylation sites (tertiary alicyclic amines) is 1.